The lowest BCUT2D eigenvalue weighted by molar-refractivity contribution is -0.121. The molecule has 0 aliphatic carbocycles. The fourth-order valence-electron chi connectivity index (χ4n) is 4.87. The number of aryl methyl sites for hydroxylation is 1. The van der Waals surface area contributed by atoms with E-state index >= 15 is 0 Å². The summed E-state index contributed by atoms with van der Waals surface area (Å²) in [6.45, 7) is 7.26. The van der Waals surface area contributed by atoms with Crippen LogP contribution in [0.2, 0.25) is 0 Å². The first-order chi connectivity index (χ1) is 18.8. The Morgan fingerprint density at radius 1 is 1.10 bits per heavy atom. The van der Waals surface area contributed by atoms with Gasteiger partial charge in [-0.15, -0.1) is 0 Å². The van der Waals surface area contributed by atoms with Crippen molar-refractivity contribution in [1.82, 2.24) is 19.8 Å². The summed E-state index contributed by atoms with van der Waals surface area (Å²) in [7, 11) is 0. The van der Waals surface area contributed by atoms with Crippen LogP contribution >= 0.6 is 0 Å². The zero-order valence-corrected chi connectivity index (χ0v) is 22.4. The molecular weight excluding hydrogens is 496 g/mol. The second kappa shape index (κ2) is 13.2. The molecule has 208 valence electrons. The number of benzene rings is 2. The number of imidazole rings is 1. The van der Waals surface area contributed by atoms with Gasteiger partial charge in [0.05, 0.1) is 24.2 Å². The molecule has 0 saturated carbocycles. The number of morpholine rings is 1. The molecule has 3 aromatic rings. The molecule has 39 heavy (non-hydrogen) atoms. The van der Waals surface area contributed by atoms with Crippen LogP contribution in [-0.4, -0.2) is 78.2 Å². The number of aliphatic imine (C=N–C) groups is 1. The van der Waals surface area contributed by atoms with Crippen LogP contribution in [0.5, 0.6) is 0 Å². The van der Waals surface area contributed by atoms with Gasteiger partial charge in [-0.05, 0) is 57.0 Å². The molecule has 1 aliphatic rings. The molecule has 2 heterocycles. The molecule has 11 heteroatoms. The molecule has 2 amide bonds. The van der Waals surface area contributed by atoms with Crippen molar-refractivity contribution < 1.29 is 14.3 Å². The maximum absolute atomic E-state index is 12.9. The molecule has 7 N–H and O–H groups in total. The molecule has 0 radical (unpaired) electrons. The maximum atomic E-state index is 12.9. The van der Waals surface area contributed by atoms with Crippen LogP contribution in [0, 0.1) is 6.92 Å². The molecule has 1 atom stereocenters. The van der Waals surface area contributed by atoms with Crippen molar-refractivity contribution in [3.63, 3.8) is 0 Å². The van der Waals surface area contributed by atoms with E-state index in [9.17, 15) is 9.59 Å². The highest BCUT2D eigenvalue weighted by Crippen LogP contribution is 2.31. The predicted molar refractivity (Wildman–Crippen MR) is 152 cm³/mol. The molecule has 1 aliphatic heterocycles. The van der Waals surface area contributed by atoms with E-state index in [0.717, 1.165) is 55.9 Å². The van der Waals surface area contributed by atoms with Crippen molar-refractivity contribution in [2.24, 2.45) is 22.2 Å². The number of nitrogens with one attached hydrogen (secondary N) is 1. The van der Waals surface area contributed by atoms with E-state index in [4.69, 9.17) is 26.9 Å². The molecule has 2 aromatic carbocycles. The van der Waals surface area contributed by atoms with Gasteiger partial charge < -0.3 is 31.8 Å². The Morgan fingerprint density at radius 2 is 1.90 bits per heavy atom. The van der Waals surface area contributed by atoms with Gasteiger partial charge in [-0.25, -0.2) is 4.98 Å². The van der Waals surface area contributed by atoms with Crippen molar-refractivity contribution >= 4 is 28.8 Å². The van der Waals surface area contributed by atoms with E-state index in [1.807, 2.05) is 41.8 Å². The van der Waals surface area contributed by atoms with E-state index in [1.165, 1.54) is 0 Å². The summed E-state index contributed by atoms with van der Waals surface area (Å²) in [6, 6.07) is 12.6. The topological polar surface area (TPSA) is 167 Å². The molecule has 4 rings (SSSR count). The third kappa shape index (κ3) is 7.33. The van der Waals surface area contributed by atoms with Crippen LogP contribution in [0.1, 0.15) is 41.2 Å². The second-order valence-corrected chi connectivity index (χ2v) is 9.81. The van der Waals surface area contributed by atoms with Crippen molar-refractivity contribution in [1.29, 1.82) is 0 Å². The molecule has 1 fully saturated rings. The van der Waals surface area contributed by atoms with Crippen LogP contribution in [0.25, 0.3) is 22.4 Å². The van der Waals surface area contributed by atoms with E-state index in [0.29, 0.717) is 42.8 Å². The van der Waals surface area contributed by atoms with Gasteiger partial charge in [0.1, 0.15) is 11.9 Å². The lowest BCUT2D eigenvalue weighted by Crippen LogP contribution is -2.38. The smallest absolute Gasteiger partial charge is 0.251 e. The van der Waals surface area contributed by atoms with Gasteiger partial charge in [0, 0.05) is 37.3 Å². The average molecular weight is 535 g/mol. The lowest BCUT2D eigenvalue weighted by atomic mass is 10.1. The SMILES string of the molecule is Cc1cccc(-c2nc3cc(C(=O)NCCCN4CCOCC4)ccc3n2C(CCCN=C(N)N)C(N)=O)c1. The summed E-state index contributed by atoms with van der Waals surface area (Å²) in [5.74, 6) is -0.0160. The molecule has 1 aromatic heterocycles. The van der Waals surface area contributed by atoms with E-state index in [-0.39, 0.29) is 11.9 Å². The van der Waals surface area contributed by atoms with Crippen molar-refractivity contribution in [2.45, 2.75) is 32.2 Å². The molecule has 0 spiro atoms. The number of primary amides is 1. The molecule has 1 unspecified atom stereocenters. The summed E-state index contributed by atoms with van der Waals surface area (Å²) in [5, 5.41) is 3.01. The van der Waals surface area contributed by atoms with Crippen molar-refractivity contribution in [3.05, 3.63) is 53.6 Å². The number of amides is 2. The monoisotopic (exact) mass is 534 g/mol. The zero-order chi connectivity index (χ0) is 27.8. The standard InChI is InChI=1S/C28H38N8O3/c1-19-5-2-6-20(17-19)26-34-22-18-21(27(38)32-11-4-12-35-13-15-39-16-14-35)8-9-23(22)36(26)24(25(29)37)7-3-10-33-28(30)31/h2,5-6,8-9,17-18,24H,3-4,7,10-16H2,1H3,(H2,29,37)(H,32,38)(H4,30,31,33). The van der Waals surface area contributed by atoms with Gasteiger partial charge in [-0.3, -0.25) is 19.5 Å². The minimum atomic E-state index is -0.667. The summed E-state index contributed by atoms with van der Waals surface area (Å²) >= 11 is 0. The van der Waals surface area contributed by atoms with E-state index < -0.39 is 11.9 Å². The number of hydrogen-bond acceptors (Lipinski definition) is 6. The Hall–Kier alpha value is -3.96. The third-order valence-electron chi connectivity index (χ3n) is 6.84. The summed E-state index contributed by atoms with van der Waals surface area (Å²) < 4.78 is 7.25. The summed E-state index contributed by atoms with van der Waals surface area (Å²) in [5.41, 5.74) is 20.5. The molecule has 1 saturated heterocycles. The number of carbonyl (C=O) groups is 2. The second-order valence-electron chi connectivity index (χ2n) is 9.81. The number of guanidine groups is 1. The Kier molecular flexibility index (Phi) is 9.50. The van der Waals surface area contributed by atoms with Gasteiger partial charge in [0.15, 0.2) is 5.96 Å². The van der Waals surface area contributed by atoms with Crippen LogP contribution < -0.4 is 22.5 Å². The minimum absolute atomic E-state index is 0.00561. The van der Waals surface area contributed by atoms with Crippen LogP contribution in [0.4, 0.5) is 0 Å². The third-order valence-corrected chi connectivity index (χ3v) is 6.84. The van der Waals surface area contributed by atoms with Crippen molar-refractivity contribution in [3.8, 4) is 11.4 Å². The first-order valence-electron chi connectivity index (χ1n) is 13.4. The number of hydrogen-bond donors (Lipinski definition) is 4. The average Bonchev–Trinajstić information content (AvgIpc) is 3.29. The van der Waals surface area contributed by atoms with Gasteiger partial charge in [0.2, 0.25) is 5.91 Å². The fourth-order valence-corrected chi connectivity index (χ4v) is 4.87. The molecule has 11 nitrogen and oxygen atoms in total. The quantitative estimate of drug-likeness (QED) is 0.155. The zero-order valence-electron chi connectivity index (χ0n) is 22.4. The summed E-state index contributed by atoms with van der Waals surface area (Å²) in [4.78, 5) is 36.8. The largest absolute Gasteiger partial charge is 0.379 e. The fraction of sp³-hybridized carbons (Fsp3) is 0.429. The lowest BCUT2D eigenvalue weighted by Gasteiger charge is -2.26. The highest BCUT2D eigenvalue weighted by atomic mass is 16.5. The normalized spacial score (nSPS) is 14.7. The Morgan fingerprint density at radius 3 is 2.62 bits per heavy atom. The maximum Gasteiger partial charge on any atom is 0.251 e. The van der Waals surface area contributed by atoms with Gasteiger partial charge in [-0.1, -0.05) is 23.8 Å². The van der Waals surface area contributed by atoms with E-state index in [1.54, 1.807) is 12.1 Å². The van der Waals surface area contributed by atoms with Crippen LogP contribution in [0.15, 0.2) is 47.5 Å². The highest BCUT2D eigenvalue weighted by molar-refractivity contribution is 5.98. The minimum Gasteiger partial charge on any atom is -0.379 e. The Bertz CT molecular complexity index is 1330. The van der Waals surface area contributed by atoms with Gasteiger partial charge >= 0.3 is 0 Å². The number of ether oxygens (including phenoxy) is 1. The number of carbonyl (C=O) groups excluding carboxylic acids is 2. The van der Waals surface area contributed by atoms with Gasteiger partial charge in [-0.2, -0.15) is 0 Å². The van der Waals surface area contributed by atoms with Crippen LogP contribution in [-0.2, 0) is 9.53 Å². The Balaban J connectivity index is 1.58. The Labute approximate surface area is 228 Å². The molecular formula is C28H38N8O3. The first kappa shape index (κ1) is 28.1. The number of nitrogens with zero attached hydrogens (tertiary/aromatic N) is 4. The number of fused-ring (bicyclic) bond motifs is 1. The van der Waals surface area contributed by atoms with Gasteiger partial charge in [0.25, 0.3) is 5.91 Å². The van der Waals surface area contributed by atoms with Crippen LogP contribution in [0.3, 0.4) is 0 Å². The molecule has 0 bridgehead atoms. The van der Waals surface area contributed by atoms with E-state index in [2.05, 4.69) is 15.2 Å². The number of rotatable bonds is 12. The predicted octanol–water partition coefficient (Wildman–Crippen LogP) is 1.54. The van der Waals surface area contributed by atoms with Crippen molar-refractivity contribution in [2.75, 3.05) is 45.9 Å². The first-order valence-corrected chi connectivity index (χ1v) is 13.4. The number of nitrogens with two attached hydrogens (primary N) is 3. The number of aromatic nitrogens is 2. The summed E-state index contributed by atoms with van der Waals surface area (Å²) in [6.07, 6.45) is 1.85. The highest BCUT2D eigenvalue weighted by Gasteiger charge is 2.25.